The lowest BCUT2D eigenvalue weighted by atomic mass is 10.1. The molecule has 1 aromatic carbocycles. The lowest BCUT2D eigenvalue weighted by molar-refractivity contribution is 0.101. The first-order valence-corrected chi connectivity index (χ1v) is 5.03. The van der Waals surface area contributed by atoms with Crippen LogP contribution in [0.25, 0.3) is 0 Å². The summed E-state index contributed by atoms with van der Waals surface area (Å²) in [6, 6.07) is 3.30. The zero-order chi connectivity index (χ0) is 12.1. The Hall–Kier alpha value is -1.71. The van der Waals surface area contributed by atoms with Crippen molar-refractivity contribution in [2.75, 3.05) is 20.8 Å². The molecule has 0 saturated carbocycles. The maximum Gasteiger partial charge on any atom is 0.164 e. The zero-order valence-corrected chi connectivity index (χ0v) is 9.99. The molecule has 1 rings (SSSR count). The molecule has 0 amide bonds. The number of hydrogen-bond donors (Lipinski definition) is 0. The fraction of sp³-hybridized carbons (Fsp3) is 0.417. The highest BCUT2D eigenvalue weighted by Gasteiger charge is 2.14. The number of benzene rings is 1. The van der Waals surface area contributed by atoms with Crippen molar-refractivity contribution in [1.82, 2.24) is 0 Å². The predicted molar refractivity (Wildman–Crippen MR) is 60.7 cm³/mol. The van der Waals surface area contributed by atoms with Crippen molar-refractivity contribution in [1.29, 1.82) is 0 Å². The SMILES string of the molecule is CCOc1cc(C(C)=O)c(OC)cc1OC. The van der Waals surface area contributed by atoms with Gasteiger partial charge in [0, 0.05) is 6.07 Å². The van der Waals surface area contributed by atoms with Gasteiger partial charge in [-0.15, -0.1) is 0 Å². The summed E-state index contributed by atoms with van der Waals surface area (Å²) in [7, 11) is 3.06. The number of methoxy groups -OCH3 is 2. The van der Waals surface area contributed by atoms with Gasteiger partial charge < -0.3 is 14.2 Å². The van der Waals surface area contributed by atoms with E-state index in [4.69, 9.17) is 14.2 Å². The van der Waals surface area contributed by atoms with E-state index in [1.807, 2.05) is 6.92 Å². The number of ether oxygens (including phenoxy) is 3. The summed E-state index contributed by atoms with van der Waals surface area (Å²) in [6.07, 6.45) is 0. The fourth-order valence-electron chi connectivity index (χ4n) is 1.41. The first-order valence-electron chi connectivity index (χ1n) is 5.03. The topological polar surface area (TPSA) is 44.8 Å². The van der Waals surface area contributed by atoms with Gasteiger partial charge in [-0.2, -0.15) is 0 Å². The molecule has 88 valence electrons. The molecule has 0 heterocycles. The Labute approximate surface area is 95.1 Å². The van der Waals surface area contributed by atoms with Crippen LogP contribution in [-0.4, -0.2) is 26.6 Å². The molecule has 0 unspecified atom stereocenters. The quantitative estimate of drug-likeness (QED) is 0.720. The van der Waals surface area contributed by atoms with Crippen LogP contribution in [0.4, 0.5) is 0 Å². The van der Waals surface area contributed by atoms with E-state index in [0.717, 1.165) is 0 Å². The molecule has 0 aliphatic rings. The molecule has 4 nitrogen and oxygen atoms in total. The van der Waals surface area contributed by atoms with Crippen LogP contribution in [0.2, 0.25) is 0 Å². The van der Waals surface area contributed by atoms with Gasteiger partial charge in [0.2, 0.25) is 0 Å². The molecule has 4 heteroatoms. The van der Waals surface area contributed by atoms with Crippen molar-refractivity contribution in [3.05, 3.63) is 17.7 Å². The van der Waals surface area contributed by atoms with E-state index in [2.05, 4.69) is 0 Å². The van der Waals surface area contributed by atoms with Gasteiger partial charge in [0.15, 0.2) is 17.3 Å². The largest absolute Gasteiger partial charge is 0.496 e. The molecule has 0 aromatic heterocycles. The van der Waals surface area contributed by atoms with Crippen LogP contribution >= 0.6 is 0 Å². The molecule has 0 bridgehead atoms. The van der Waals surface area contributed by atoms with Crippen LogP contribution in [-0.2, 0) is 0 Å². The molecule has 0 spiro atoms. The van der Waals surface area contributed by atoms with Crippen LogP contribution in [0.3, 0.4) is 0 Å². The van der Waals surface area contributed by atoms with Gasteiger partial charge in [-0.1, -0.05) is 0 Å². The minimum atomic E-state index is -0.0690. The third kappa shape index (κ3) is 2.45. The molecule has 0 saturated heterocycles. The highest BCUT2D eigenvalue weighted by molar-refractivity contribution is 5.97. The third-order valence-corrected chi connectivity index (χ3v) is 2.16. The average Bonchev–Trinajstić information content (AvgIpc) is 2.28. The van der Waals surface area contributed by atoms with Crippen molar-refractivity contribution in [2.45, 2.75) is 13.8 Å². The van der Waals surface area contributed by atoms with Crippen LogP contribution in [0.15, 0.2) is 12.1 Å². The molecular formula is C12H16O4. The van der Waals surface area contributed by atoms with E-state index in [0.29, 0.717) is 29.4 Å². The summed E-state index contributed by atoms with van der Waals surface area (Å²) in [4.78, 5) is 11.4. The molecule has 0 radical (unpaired) electrons. The number of carbonyl (C=O) groups excluding carboxylic acids is 1. The lowest BCUT2D eigenvalue weighted by Crippen LogP contribution is -2.02. The Morgan fingerprint density at radius 1 is 1.12 bits per heavy atom. The average molecular weight is 224 g/mol. The van der Waals surface area contributed by atoms with Gasteiger partial charge in [-0.05, 0) is 19.9 Å². The van der Waals surface area contributed by atoms with Crippen LogP contribution < -0.4 is 14.2 Å². The maximum absolute atomic E-state index is 11.4. The Morgan fingerprint density at radius 2 is 1.75 bits per heavy atom. The second-order valence-electron chi connectivity index (χ2n) is 3.19. The Morgan fingerprint density at radius 3 is 2.19 bits per heavy atom. The van der Waals surface area contributed by atoms with Crippen molar-refractivity contribution < 1.29 is 19.0 Å². The fourth-order valence-corrected chi connectivity index (χ4v) is 1.41. The number of Topliss-reactive ketones (excluding diaryl/α,β-unsaturated/α-hetero) is 1. The summed E-state index contributed by atoms with van der Waals surface area (Å²) in [6.45, 7) is 3.87. The Bertz CT molecular complexity index is 385. The highest BCUT2D eigenvalue weighted by atomic mass is 16.5. The smallest absolute Gasteiger partial charge is 0.164 e. The minimum absolute atomic E-state index is 0.0690. The number of hydrogen-bond acceptors (Lipinski definition) is 4. The van der Waals surface area contributed by atoms with Crippen molar-refractivity contribution in [3.8, 4) is 17.2 Å². The van der Waals surface area contributed by atoms with Gasteiger partial charge in [0.05, 0.1) is 26.4 Å². The van der Waals surface area contributed by atoms with Gasteiger partial charge in [-0.3, -0.25) is 4.79 Å². The minimum Gasteiger partial charge on any atom is -0.496 e. The number of rotatable bonds is 5. The first kappa shape index (κ1) is 12.4. The second kappa shape index (κ2) is 5.39. The summed E-state index contributed by atoms with van der Waals surface area (Å²) >= 11 is 0. The van der Waals surface area contributed by atoms with E-state index < -0.39 is 0 Å². The molecule has 16 heavy (non-hydrogen) atoms. The summed E-state index contributed by atoms with van der Waals surface area (Å²) in [5.41, 5.74) is 0.492. The predicted octanol–water partition coefficient (Wildman–Crippen LogP) is 2.31. The van der Waals surface area contributed by atoms with Crippen LogP contribution in [0.5, 0.6) is 17.2 Å². The zero-order valence-electron chi connectivity index (χ0n) is 9.99. The van der Waals surface area contributed by atoms with E-state index in [9.17, 15) is 4.79 Å². The second-order valence-corrected chi connectivity index (χ2v) is 3.19. The first-order chi connectivity index (χ1) is 7.63. The standard InChI is InChI=1S/C12H16O4/c1-5-16-12-6-9(8(2)13)10(14-3)7-11(12)15-4/h6-7H,5H2,1-4H3. The maximum atomic E-state index is 11.4. The molecule has 1 aromatic rings. The van der Waals surface area contributed by atoms with Gasteiger partial charge in [0.1, 0.15) is 5.75 Å². The van der Waals surface area contributed by atoms with Crippen molar-refractivity contribution in [2.24, 2.45) is 0 Å². The van der Waals surface area contributed by atoms with E-state index in [-0.39, 0.29) is 5.78 Å². The lowest BCUT2D eigenvalue weighted by Gasteiger charge is -2.13. The van der Waals surface area contributed by atoms with Crippen molar-refractivity contribution >= 4 is 5.78 Å². The highest BCUT2D eigenvalue weighted by Crippen LogP contribution is 2.34. The third-order valence-electron chi connectivity index (χ3n) is 2.16. The van der Waals surface area contributed by atoms with Gasteiger partial charge >= 0.3 is 0 Å². The Kier molecular flexibility index (Phi) is 4.17. The van der Waals surface area contributed by atoms with E-state index in [1.54, 1.807) is 19.2 Å². The molecule has 0 atom stereocenters. The molecule has 0 aliphatic heterocycles. The normalized spacial score (nSPS) is 9.75. The Balaban J connectivity index is 3.28. The summed E-state index contributed by atoms with van der Waals surface area (Å²) in [5, 5.41) is 0. The van der Waals surface area contributed by atoms with Gasteiger partial charge in [0.25, 0.3) is 0 Å². The van der Waals surface area contributed by atoms with E-state index in [1.165, 1.54) is 14.0 Å². The summed E-state index contributed by atoms with van der Waals surface area (Å²) < 4.78 is 15.7. The number of carbonyl (C=O) groups is 1. The monoisotopic (exact) mass is 224 g/mol. The molecule has 0 fully saturated rings. The number of ketones is 1. The molecule has 0 N–H and O–H groups in total. The van der Waals surface area contributed by atoms with Gasteiger partial charge in [-0.25, -0.2) is 0 Å². The summed E-state index contributed by atoms with van der Waals surface area (Å²) in [5.74, 6) is 1.54. The molecule has 0 aliphatic carbocycles. The van der Waals surface area contributed by atoms with Crippen molar-refractivity contribution in [3.63, 3.8) is 0 Å². The van der Waals surface area contributed by atoms with Crippen LogP contribution in [0, 0.1) is 0 Å². The van der Waals surface area contributed by atoms with Crippen LogP contribution in [0.1, 0.15) is 24.2 Å². The van der Waals surface area contributed by atoms with E-state index >= 15 is 0 Å². The molecular weight excluding hydrogens is 208 g/mol.